The first-order valence-corrected chi connectivity index (χ1v) is 7.38. The molecule has 0 aliphatic heterocycles. The minimum Gasteiger partial charge on any atom is -0.374 e. The van der Waals surface area contributed by atoms with Gasteiger partial charge in [0, 0.05) is 12.5 Å². The first-order valence-electron chi connectivity index (χ1n) is 7.38. The van der Waals surface area contributed by atoms with Crippen LogP contribution in [0.15, 0.2) is 0 Å². The van der Waals surface area contributed by atoms with Crippen molar-refractivity contribution in [2.45, 2.75) is 65.2 Å². The highest BCUT2D eigenvalue weighted by Crippen LogP contribution is 2.32. The van der Waals surface area contributed by atoms with Gasteiger partial charge in [0.15, 0.2) is 5.78 Å². The zero-order valence-electron chi connectivity index (χ0n) is 11.5. The second kappa shape index (κ2) is 8.68. The number of ketones is 1. The molecule has 100 valence electrons. The molecule has 0 spiro atoms. The van der Waals surface area contributed by atoms with E-state index in [0.717, 1.165) is 31.8 Å². The molecule has 2 nitrogen and oxygen atoms in total. The topological polar surface area (TPSA) is 26.3 Å². The molecule has 0 aromatic carbocycles. The Bertz CT molecular complexity index is 205. The van der Waals surface area contributed by atoms with Crippen LogP contribution in [0, 0.1) is 11.8 Å². The van der Waals surface area contributed by atoms with Gasteiger partial charge >= 0.3 is 0 Å². The summed E-state index contributed by atoms with van der Waals surface area (Å²) in [6.45, 7) is 5.39. The van der Waals surface area contributed by atoms with E-state index < -0.39 is 0 Å². The normalized spacial score (nSPS) is 24.8. The fourth-order valence-electron chi connectivity index (χ4n) is 2.70. The molecule has 0 atom stereocenters. The van der Waals surface area contributed by atoms with Crippen LogP contribution in [0.25, 0.3) is 0 Å². The van der Waals surface area contributed by atoms with Crippen molar-refractivity contribution in [2.24, 2.45) is 11.8 Å². The number of Topliss-reactive ketones (excluding diaryl/α,β-unsaturated/α-hetero) is 1. The first-order chi connectivity index (χ1) is 8.27. The predicted octanol–water partition coefficient (Wildman–Crippen LogP) is 3.98. The lowest BCUT2D eigenvalue weighted by molar-refractivity contribution is -0.128. The van der Waals surface area contributed by atoms with Crippen LogP contribution < -0.4 is 0 Å². The number of unbranched alkanes of at least 4 members (excludes halogenated alkanes) is 1. The summed E-state index contributed by atoms with van der Waals surface area (Å²) in [7, 11) is 0. The molecule has 17 heavy (non-hydrogen) atoms. The third-order valence-electron chi connectivity index (χ3n) is 3.86. The van der Waals surface area contributed by atoms with Gasteiger partial charge in [-0.05, 0) is 38.0 Å². The molecule has 1 aliphatic carbocycles. The van der Waals surface area contributed by atoms with Crippen molar-refractivity contribution in [3.63, 3.8) is 0 Å². The molecule has 0 unspecified atom stereocenters. The van der Waals surface area contributed by atoms with Crippen LogP contribution in [0.5, 0.6) is 0 Å². The Morgan fingerprint density at radius 1 is 1.12 bits per heavy atom. The number of hydrogen-bond acceptors (Lipinski definition) is 2. The third-order valence-corrected chi connectivity index (χ3v) is 3.86. The summed E-state index contributed by atoms with van der Waals surface area (Å²) in [4.78, 5) is 11.9. The molecule has 0 amide bonds. The van der Waals surface area contributed by atoms with Crippen LogP contribution in [0.2, 0.25) is 0 Å². The molecule has 1 fully saturated rings. The van der Waals surface area contributed by atoms with Crippen LogP contribution in [0.3, 0.4) is 0 Å². The van der Waals surface area contributed by atoms with Crippen LogP contribution in [-0.4, -0.2) is 19.0 Å². The summed E-state index contributed by atoms with van der Waals surface area (Å²) in [6.07, 6.45) is 9.72. The van der Waals surface area contributed by atoms with Crippen molar-refractivity contribution in [3.05, 3.63) is 0 Å². The number of carbonyl (C=O) groups is 1. The summed E-state index contributed by atoms with van der Waals surface area (Å²) >= 11 is 0. The Morgan fingerprint density at radius 3 is 2.41 bits per heavy atom. The highest BCUT2D eigenvalue weighted by atomic mass is 16.5. The molecule has 0 N–H and O–H groups in total. The van der Waals surface area contributed by atoms with Crippen molar-refractivity contribution in [2.75, 3.05) is 13.2 Å². The van der Waals surface area contributed by atoms with Gasteiger partial charge in [0.25, 0.3) is 0 Å². The molecule has 0 heterocycles. The van der Waals surface area contributed by atoms with Gasteiger partial charge < -0.3 is 4.74 Å². The van der Waals surface area contributed by atoms with Gasteiger partial charge in [-0.1, -0.05) is 33.1 Å². The zero-order valence-corrected chi connectivity index (χ0v) is 11.5. The van der Waals surface area contributed by atoms with Gasteiger partial charge in [0.2, 0.25) is 0 Å². The largest absolute Gasteiger partial charge is 0.374 e. The third kappa shape index (κ3) is 5.67. The number of ether oxygens (including phenoxy) is 1. The molecule has 0 aromatic heterocycles. The average molecular weight is 240 g/mol. The Kier molecular flexibility index (Phi) is 7.50. The minimum atomic E-state index is 0.296. The molecule has 1 saturated carbocycles. The summed E-state index contributed by atoms with van der Waals surface area (Å²) < 4.78 is 5.34. The Morgan fingerprint density at radius 2 is 1.82 bits per heavy atom. The van der Waals surface area contributed by atoms with Crippen LogP contribution >= 0.6 is 0 Å². The lowest BCUT2D eigenvalue weighted by atomic mass is 9.78. The fraction of sp³-hybridized carbons (Fsp3) is 0.933. The standard InChI is InChI=1S/C15H28O2/c1-3-5-6-13-7-9-14(10-8-13)15(16)12-17-11-4-2/h13-14H,3-12H2,1-2H3. The van der Waals surface area contributed by atoms with E-state index in [1.54, 1.807) is 0 Å². The molecule has 1 aliphatic rings. The molecular formula is C15H28O2. The maximum Gasteiger partial charge on any atom is 0.161 e. The fourth-order valence-corrected chi connectivity index (χ4v) is 2.70. The summed E-state index contributed by atoms with van der Waals surface area (Å²) in [5.74, 6) is 1.52. The van der Waals surface area contributed by atoms with E-state index in [1.807, 2.05) is 0 Å². The van der Waals surface area contributed by atoms with Crippen molar-refractivity contribution >= 4 is 5.78 Å². The van der Waals surface area contributed by atoms with Crippen LogP contribution in [0.1, 0.15) is 65.2 Å². The molecule has 2 heteroatoms. The smallest absolute Gasteiger partial charge is 0.161 e. The average Bonchev–Trinajstić information content (AvgIpc) is 2.37. The Hall–Kier alpha value is -0.370. The zero-order chi connectivity index (χ0) is 12.5. The van der Waals surface area contributed by atoms with E-state index >= 15 is 0 Å². The van der Waals surface area contributed by atoms with Crippen molar-refractivity contribution in [1.82, 2.24) is 0 Å². The first kappa shape index (κ1) is 14.7. The van der Waals surface area contributed by atoms with E-state index in [1.165, 1.54) is 32.1 Å². The van der Waals surface area contributed by atoms with Crippen molar-refractivity contribution < 1.29 is 9.53 Å². The molecule has 1 rings (SSSR count). The maximum atomic E-state index is 11.9. The van der Waals surface area contributed by atoms with Gasteiger partial charge in [-0.15, -0.1) is 0 Å². The number of hydrogen-bond donors (Lipinski definition) is 0. The summed E-state index contributed by atoms with van der Waals surface area (Å²) in [5.41, 5.74) is 0. The van der Waals surface area contributed by atoms with Gasteiger partial charge in [-0.25, -0.2) is 0 Å². The van der Waals surface area contributed by atoms with E-state index in [9.17, 15) is 4.79 Å². The van der Waals surface area contributed by atoms with Gasteiger partial charge in [0.05, 0.1) is 0 Å². The highest BCUT2D eigenvalue weighted by molar-refractivity contribution is 5.82. The van der Waals surface area contributed by atoms with Crippen molar-refractivity contribution in [1.29, 1.82) is 0 Å². The lowest BCUT2D eigenvalue weighted by Crippen LogP contribution is -2.25. The SMILES string of the molecule is CCCCC1CCC(C(=O)COCCC)CC1. The van der Waals surface area contributed by atoms with Gasteiger partial charge in [-0.3, -0.25) is 4.79 Å². The molecule has 0 radical (unpaired) electrons. The number of rotatable bonds is 8. The summed E-state index contributed by atoms with van der Waals surface area (Å²) in [6, 6.07) is 0. The van der Waals surface area contributed by atoms with Gasteiger partial charge in [-0.2, -0.15) is 0 Å². The molecule has 0 bridgehead atoms. The van der Waals surface area contributed by atoms with Crippen molar-refractivity contribution in [3.8, 4) is 0 Å². The molecular weight excluding hydrogens is 212 g/mol. The van der Waals surface area contributed by atoms with E-state index in [0.29, 0.717) is 18.3 Å². The molecule has 0 saturated heterocycles. The molecule has 0 aromatic rings. The maximum absolute atomic E-state index is 11.9. The van der Waals surface area contributed by atoms with E-state index in [4.69, 9.17) is 4.74 Å². The quantitative estimate of drug-likeness (QED) is 0.600. The van der Waals surface area contributed by atoms with E-state index in [2.05, 4.69) is 13.8 Å². The summed E-state index contributed by atoms with van der Waals surface area (Å²) in [5, 5.41) is 0. The monoisotopic (exact) mass is 240 g/mol. The van der Waals surface area contributed by atoms with E-state index in [-0.39, 0.29) is 0 Å². The highest BCUT2D eigenvalue weighted by Gasteiger charge is 2.25. The predicted molar refractivity (Wildman–Crippen MR) is 71.1 cm³/mol. The Labute approximate surface area is 106 Å². The van der Waals surface area contributed by atoms with Crippen LogP contribution in [-0.2, 0) is 9.53 Å². The second-order valence-corrected chi connectivity index (χ2v) is 5.38. The van der Waals surface area contributed by atoms with Crippen LogP contribution in [0.4, 0.5) is 0 Å². The lowest BCUT2D eigenvalue weighted by Gasteiger charge is -2.27. The minimum absolute atomic E-state index is 0.296. The van der Waals surface area contributed by atoms with Gasteiger partial charge in [0.1, 0.15) is 6.61 Å². The Balaban J connectivity index is 2.15. The second-order valence-electron chi connectivity index (χ2n) is 5.38. The number of carbonyl (C=O) groups excluding carboxylic acids is 1.